The molecule has 0 N–H and O–H groups in total. The average molecular weight is 361 g/mol. The number of pyridine rings is 1. The molecule has 0 amide bonds. The normalized spacial score (nSPS) is 13.9. The molecule has 0 saturated carbocycles. The SMILES string of the molecule is CCc1nc2nc([S@](=O)CC(C)(C)C)sc2cc1Br. The largest absolute Gasteiger partial charge is 0.252 e. The molecule has 104 valence electrons. The molecule has 0 aliphatic heterocycles. The van der Waals surface area contributed by atoms with Gasteiger partial charge in [0.05, 0.1) is 21.2 Å². The monoisotopic (exact) mass is 360 g/mol. The lowest BCUT2D eigenvalue weighted by Crippen LogP contribution is -2.16. The standard InChI is InChI=1S/C13H17BrN2OS2/c1-5-9-8(14)6-10-11(15-9)16-12(18-10)19(17)7-13(2,3)4/h6H,5,7H2,1-4H3/t19-/m1/s1. The lowest BCUT2D eigenvalue weighted by molar-refractivity contribution is 0.474. The Bertz CT molecular complexity index is 631. The van der Waals surface area contributed by atoms with Crippen molar-refractivity contribution in [1.29, 1.82) is 0 Å². The van der Waals surface area contributed by atoms with Gasteiger partial charge < -0.3 is 0 Å². The first-order valence-corrected chi connectivity index (χ1v) is 9.07. The molecule has 6 heteroatoms. The van der Waals surface area contributed by atoms with E-state index >= 15 is 0 Å². The van der Waals surface area contributed by atoms with Crippen LogP contribution in [0.1, 0.15) is 33.4 Å². The van der Waals surface area contributed by atoms with E-state index in [9.17, 15) is 4.21 Å². The van der Waals surface area contributed by atoms with Crippen LogP contribution in [-0.4, -0.2) is 19.9 Å². The Balaban J connectivity index is 2.39. The van der Waals surface area contributed by atoms with E-state index in [0.717, 1.165) is 21.3 Å². The Hall–Kier alpha value is -0.330. The van der Waals surface area contributed by atoms with Crippen molar-refractivity contribution in [3.8, 4) is 0 Å². The summed E-state index contributed by atoms with van der Waals surface area (Å²) in [4.78, 5) is 8.94. The number of halogens is 1. The van der Waals surface area contributed by atoms with Gasteiger partial charge in [-0.15, -0.1) is 11.3 Å². The highest BCUT2D eigenvalue weighted by molar-refractivity contribution is 9.10. The lowest BCUT2D eigenvalue weighted by atomic mass is 10.0. The van der Waals surface area contributed by atoms with Gasteiger partial charge in [-0.3, -0.25) is 4.21 Å². The molecule has 2 aromatic heterocycles. The van der Waals surface area contributed by atoms with Crippen LogP contribution in [0.15, 0.2) is 14.9 Å². The summed E-state index contributed by atoms with van der Waals surface area (Å²) in [5.74, 6) is 0.620. The molecule has 0 aromatic carbocycles. The molecule has 0 fully saturated rings. The van der Waals surface area contributed by atoms with Crippen molar-refractivity contribution < 1.29 is 4.21 Å². The summed E-state index contributed by atoms with van der Waals surface area (Å²) in [6.45, 7) is 8.32. The molecule has 0 bridgehead atoms. The van der Waals surface area contributed by atoms with E-state index in [1.54, 1.807) is 0 Å². The van der Waals surface area contributed by atoms with Crippen LogP contribution < -0.4 is 0 Å². The zero-order chi connectivity index (χ0) is 14.2. The second kappa shape index (κ2) is 5.58. The number of fused-ring (bicyclic) bond motifs is 1. The van der Waals surface area contributed by atoms with E-state index in [1.807, 2.05) is 6.07 Å². The molecule has 2 rings (SSSR count). The van der Waals surface area contributed by atoms with E-state index < -0.39 is 10.8 Å². The first-order valence-electron chi connectivity index (χ1n) is 6.14. The first kappa shape index (κ1) is 15.1. The molecular weight excluding hydrogens is 344 g/mol. The van der Waals surface area contributed by atoms with Crippen LogP contribution in [0.3, 0.4) is 0 Å². The smallest absolute Gasteiger partial charge is 0.183 e. The van der Waals surface area contributed by atoms with Crippen molar-refractivity contribution in [3.05, 3.63) is 16.2 Å². The van der Waals surface area contributed by atoms with Crippen molar-refractivity contribution in [2.75, 3.05) is 5.75 Å². The third-order valence-corrected chi connectivity index (χ3v) is 6.37. The predicted octanol–water partition coefficient (Wildman–Crippen LogP) is 4.17. The molecule has 0 unspecified atom stereocenters. The van der Waals surface area contributed by atoms with Crippen LogP contribution in [0.2, 0.25) is 0 Å². The summed E-state index contributed by atoms with van der Waals surface area (Å²) in [5.41, 5.74) is 1.74. The molecule has 0 aliphatic carbocycles. The van der Waals surface area contributed by atoms with E-state index in [1.165, 1.54) is 11.3 Å². The molecule has 1 atom stereocenters. The van der Waals surface area contributed by atoms with Gasteiger partial charge >= 0.3 is 0 Å². The molecule has 2 heterocycles. The Morgan fingerprint density at radius 3 is 2.63 bits per heavy atom. The third-order valence-electron chi connectivity index (χ3n) is 2.48. The van der Waals surface area contributed by atoms with Gasteiger partial charge in [-0.05, 0) is 33.8 Å². The quantitative estimate of drug-likeness (QED) is 0.824. The zero-order valence-electron chi connectivity index (χ0n) is 11.5. The summed E-state index contributed by atoms with van der Waals surface area (Å²) in [7, 11) is -1.05. The minimum absolute atomic E-state index is 0.0330. The van der Waals surface area contributed by atoms with E-state index in [-0.39, 0.29) is 5.41 Å². The number of nitrogens with zero attached hydrogens (tertiary/aromatic N) is 2. The van der Waals surface area contributed by atoms with Crippen molar-refractivity contribution in [2.24, 2.45) is 5.41 Å². The van der Waals surface area contributed by atoms with Gasteiger partial charge in [0.2, 0.25) is 0 Å². The minimum Gasteiger partial charge on any atom is -0.252 e. The Kier molecular flexibility index (Phi) is 4.42. The van der Waals surface area contributed by atoms with Gasteiger partial charge in [0, 0.05) is 10.2 Å². The molecule has 2 aromatic rings. The maximum atomic E-state index is 12.3. The summed E-state index contributed by atoms with van der Waals surface area (Å²) in [5, 5.41) is 0. The highest BCUT2D eigenvalue weighted by atomic mass is 79.9. The van der Waals surface area contributed by atoms with Crippen molar-refractivity contribution >= 4 is 48.4 Å². The number of rotatable bonds is 3. The van der Waals surface area contributed by atoms with Crippen LogP contribution >= 0.6 is 27.3 Å². The fourth-order valence-corrected chi connectivity index (χ4v) is 5.00. The van der Waals surface area contributed by atoms with Gasteiger partial charge in [-0.2, -0.15) is 0 Å². The Morgan fingerprint density at radius 1 is 1.37 bits per heavy atom. The van der Waals surface area contributed by atoms with Gasteiger partial charge in [0.15, 0.2) is 9.99 Å². The lowest BCUT2D eigenvalue weighted by Gasteiger charge is -2.15. The minimum atomic E-state index is -1.05. The Labute approximate surface area is 128 Å². The van der Waals surface area contributed by atoms with E-state index in [2.05, 4.69) is 53.6 Å². The van der Waals surface area contributed by atoms with Crippen molar-refractivity contribution in [3.63, 3.8) is 0 Å². The van der Waals surface area contributed by atoms with Crippen LogP contribution in [0.5, 0.6) is 0 Å². The van der Waals surface area contributed by atoms with Crippen LogP contribution in [0, 0.1) is 5.41 Å². The molecule has 19 heavy (non-hydrogen) atoms. The fourth-order valence-electron chi connectivity index (χ4n) is 1.66. The van der Waals surface area contributed by atoms with Crippen LogP contribution in [0.4, 0.5) is 0 Å². The maximum Gasteiger partial charge on any atom is 0.183 e. The summed E-state index contributed by atoms with van der Waals surface area (Å²) in [6.07, 6.45) is 0.856. The molecule has 0 saturated heterocycles. The van der Waals surface area contributed by atoms with Crippen molar-refractivity contribution in [1.82, 2.24) is 9.97 Å². The van der Waals surface area contributed by atoms with Crippen molar-refractivity contribution in [2.45, 2.75) is 38.5 Å². The summed E-state index contributed by atoms with van der Waals surface area (Å²) in [6, 6.07) is 2.02. The zero-order valence-corrected chi connectivity index (χ0v) is 14.7. The van der Waals surface area contributed by atoms with Gasteiger partial charge in [-0.1, -0.05) is 27.7 Å². The second-order valence-electron chi connectivity index (χ2n) is 5.62. The van der Waals surface area contributed by atoms with E-state index in [0.29, 0.717) is 15.7 Å². The van der Waals surface area contributed by atoms with Crippen LogP contribution in [0.25, 0.3) is 10.3 Å². The molecular formula is C13H17BrN2OS2. The number of aryl methyl sites for hydroxylation is 1. The number of hydrogen-bond acceptors (Lipinski definition) is 4. The first-order chi connectivity index (χ1) is 8.80. The highest BCUT2D eigenvalue weighted by Crippen LogP contribution is 2.29. The number of hydrogen-bond donors (Lipinski definition) is 0. The predicted molar refractivity (Wildman–Crippen MR) is 85.2 cm³/mol. The molecule has 0 spiro atoms. The number of aromatic nitrogens is 2. The second-order valence-corrected chi connectivity index (χ2v) is 9.13. The molecule has 0 radical (unpaired) electrons. The van der Waals surface area contributed by atoms with Crippen LogP contribution in [-0.2, 0) is 17.2 Å². The number of thiazole rings is 1. The van der Waals surface area contributed by atoms with Gasteiger partial charge in [0.25, 0.3) is 0 Å². The topological polar surface area (TPSA) is 42.9 Å². The Morgan fingerprint density at radius 2 is 2.05 bits per heavy atom. The summed E-state index contributed by atoms with van der Waals surface area (Å²) >= 11 is 4.99. The maximum absolute atomic E-state index is 12.3. The molecule has 3 nitrogen and oxygen atoms in total. The van der Waals surface area contributed by atoms with E-state index in [4.69, 9.17) is 0 Å². The fraction of sp³-hybridized carbons (Fsp3) is 0.538. The van der Waals surface area contributed by atoms with Gasteiger partial charge in [0.1, 0.15) is 0 Å². The van der Waals surface area contributed by atoms with Gasteiger partial charge in [-0.25, -0.2) is 9.97 Å². The third kappa shape index (κ3) is 3.61. The highest BCUT2D eigenvalue weighted by Gasteiger charge is 2.19. The summed E-state index contributed by atoms with van der Waals surface area (Å²) < 4.78 is 15.0. The molecule has 0 aliphatic rings. The average Bonchev–Trinajstić information content (AvgIpc) is 2.68.